The van der Waals surface area contributed by atoms with E-state index in [1.165, 1.54) is 18.9 Å². The maximum absolute atomic E-state index is 11.4. The van der Waals surface area contributed by atoms with Crippen molar-refractivity contribution in [1.82, 2.24) is 9.97 Å². The van der Waals surface area contributed by atoms with Crippen LogP contribution >= 0.6 is 11.8 Å². The van der Waals surface area contributed by atoms with Crippen LogP contribution in [0, 0.1) is 6.92 Å². The third-order valence-electron chi connectivity index (χ3n) is 3.30. The van der Waals surface area contributed by atoms with Gasteiger partial charge in [0.05, 0.1) is 18.6 Å². The van der Waals surface area contributed by atoms with Crippen LogP contribution in [0.2, 0.25) is 0 Å². The minimum Gasteiger partial charge on any atom is -0.463 e. The molecule has 0 unspecified atom stereocenters. The number of carbonyl (C=O) groups is 1. The van der Waals surface area contributed by atoms with Crippen LogP contribution in [0.5, 0.6) is 0 Å². The van der Waals surface area contributed by atoms with Crippen molar-refractivity contribution in [1.29, 1.82) is 0 Å². The summed E-state index contributed by atoms with van der Waals surface area (Å²) in [6.07, 6.45) is 0. The summed E-state index contributed by atoms with van der Waals surface area (Å²) in [5.74, 6) is 0.925. The molecule has 24 heavy (non-hydrogen) atoms. The van der Waals surface area contributed by atoms with E-state index in [0.717, 1.165) is 17.0 Å². The van der Waals surface area contributed by atoms with Gasteiger partial charge in [0.15, 0.2) is 5.16 Å². The van der Waals surface area contributed by atoms with Crippen LogP contribution in [0.3, 0.4) is 0 Å². The Morgan fingerprint density at radius 2 is 1.96 bits per heavy atom. The van der Waals surface area contributed by atoms with Gasteiger partial charge < -0.3 is 9.15 Å². The molecule has 0 saturated carbocycles. The fourth-order valence-electron chi connectivity index (χ4n) is 2.16. The number of methoxy groups -OCH3 is 1. The van der Waals surface area contributed by atoms with Gasteiger partial charge in [-0.3, -0.25) is 0 Å². The lowest BCUT2D eigenvalue weighted by Crippen LogP contribution is -1.98. The van der Waals surface area contributed by atoms with Crippen LogP contribution in [0.25, 0.3) is 11.3 Å². The molecular formula is C18H16N2O3S. The lowest BCUT2D eigenvalue weighted by atomic mass is 10.1. The van der Waals surface area contributed by atoms with Gasteiger partial charge in [-0.1, -0.05) is 42.1 Å². The molecule has 2 heterocycles. The van der Waals surface area contributed by atoms with Crippen molar-refractivity contribution in [3.63, 3.8) is 0 Å². The van der Waals surface area contributed by atoms with Gasteiger partial charge in [0.2, 0.25) is 5.76 Å². The van der Waals surface area contributed by atoms with Crippen molar-refractivity contribution >= 4 is 17.7 Å². The number of benzene rings is 1. The highest BCUT2D eigenvalue weighted by Crippen LogP contribution is 2.25. The monoisotopic (exact) mass is 340 g/mol. The average molecular weight is 340 g/mol. The topological polar surface area (TPSA) is 65.2 Å². The summed E-state index contributed by atoms with van der Waals surface area (Å²) < 4.78 is 10.1. The van der Waals surface area contributed by atoms with E-state index in [1.807, 2.05) is 43.3 Å². The highest BCUT2D eigenvalue weighted by molar-refractivity contribution is 7.98. The van der Waals surface area contributed by atoms with Crippen molar-refractivity contribution in [3.8, 4) is 11.3 Å². The molecule has 0 fully saturated rings. The third kappa shape index (κ3) is 3.83. The lowest BCUT2D eigenvalue weighted by Gasteiger charge is -2.05. The Morgan fingerprint density at radius 1 is 1.17 bits per heavy atom. The first kappa shape index (κ1) is 16.3. The fourth-order valence-corrected chi connectivity index (χ4v) is 2.96. The zero-order chi connectivity index (χ0) is 16.9. The number of furan rings is 1. The molecule has 0 amide bonds. The molecule has 0 aliphatic heterocycles. The number of thioether (sulfide) groups is 1. The molecule has 0 aliphatic carbocycles. The minimum atomic E-state index is -0.482. The SMILES string of the molecule is COC(=O)c1ccc(CSc2nc(C)cc(-c3ccccc3)n2)o1. The van der Waals surface area contributed by atoms with Crippen LogP contribution in [-0.4, -0.2) is 23.0 Å². The van der Waals surface area contributed by atoms with Gasteiger partial charge in [0, 0.05) is 11.3 Å². The first-order valence-corrected chi connectivity index (χ1v) is 8.35. The molecule has 0 bridgehead atoms. The summed E-state index contributed by atoms with van der Waals surface area (Å²) in [5.41, 5.74) is 2.84. The molecule has 122 valence electrons. The Balaban J connectivity index is 1.75. The molecule has 1 aromatic carbocycles. The summed E-state index contributed by atoms with van der Waals surface area (Å²) in [4.78, 5) is 20.4. The van der Waals surface area contributed by atoms with E-state index in [-0.39, 0.29) is 5.76 Å². The van der Waals surface area contributed by atoms with E-state index in [0.29, 0.717) is 16.7 Å². The average Bonchev–Trinajstić information content (AvgIpc) is 3.08. The van der Waals surface area contributed by atoms with Crippen LogP contribution in [0.1, 0.15) is 22.0 Å². The predicted molar refractivity (Wildman–Crippen MR) is 91.8 cm³/mol. The second-order valence-corrected chi connectivity index (χ2v) is 6.03. The standard InChI is InChI=1S/C18H16N2O3S/c1-12-10-15(13-6-4-3-5-7-13)20-18(19-12)24-11-14-8-9-16(23-14)17(21)22-2/h3-10H,11H2,1-2H3. The van der Waals surface area contributed by atoms with E-state index in [1.54, 1.807) is 12.1 Å². The third-order valence-corrected chi connectivity index (χ3v) is 4.16. The van der Waals surface area contributed by atoms with E-state index < -0.39 is 5.97 Å². The number of ether oxygens (including phenoxy) is 1. The molecule has 3 rings (SSSR count). The van der Waals surface area contributed by atoms with Crippen LogP contribution in [0.15, 0.2) is 58.1 Å². The normalized spacial score (nSPS) is 10.6. The molecule has 6 heteroatoms. The Labute approximate surface area is 144 Å². The van der Waals surface area contributed by atoms with E-state index >= 15 is 0 Å². The fraction of sp³-hybridized carbons (Fsp3) is 0.167. The quantitative estimate of drug-likeness (QED) is 0.395. The van der Waals surface area contributed by atoms with E-state index in [4.69, 9.17) is 4.42 Å². The molecule has 3 aromatic rings. The van der Waals surface area contributed by atoms with Gasteiger partial charge in [-0.25, -0.2) is 14.8 Å². The van der Waals surface area contributed by atoms with Gasteiger partial charge in [-0.2, -0.15) is 0 Å². The maximum atomic E-state index is 11.4. The second-order valence-electron chi connectivity index (χ2n) is 5.09. The van der Waals surface area contributed by atoms with Gasteiger partial charge in [0.25, 0.3) is 0 Å². The predicted octanol–water partition coefficient (Wildman–Crippen LogP) is 4.12. The van der Waals surface area contributed by atoms with E-state index in [2.05, 4.69) is 14.7 Å². The molecule has 2 aromatic heterocycles. The van der Waals surface area contributed by atoms with Gasteiger partial charge in [0.1, 0.15) is 5.76 Å². The first-order chi connectivity index (χ1) is 11.7. The first-order valence-electron chi connectivity index (χ1n) is 7.36. The van der Waals surface area contributed by atoms with Crippen molar-refractivity contribution in [2.75, 3.05) is 7.11 Å². The van der Waals surface area contributed by atoms with Crippen molar-refractivity contribution in [3.05, 3.63) is 65.7 Å². The lowest BCUT2D eigenvalue weighted by molar-refractivity contribution is 0.0563. The molecule has 0 radical (unpaired) electrons. The number of esters is 1. The van der Waals surface area contributed by atoms with Crippen molar-refractivity contribution < 1.29 is 13.9 Å². The van der Waals surface area contributed by atoms with Crippen LogP contribution < -0.4 is 0 Å². The molecule has 5 nitrogen and oxygen atoms in total. The number of carbonyl (C=O) groups excluding carboxylic acids is 1. The number of nitrogens with zero attached hydrogens (tertiary/aromatic N) is 2. The number of rotatable bonds is 5. The summed E-state index contributed by atoms with van der Waals surface area (Å²) in [7, 11) is 1.32. The number of aromatic nitrogens is 2. The Bertz CT molecular complexity index is 846. The molecule has 0 atom stereocenters. The van der Waals surface area contributed by atoms with Gasteiger partial charge >= 0.3 is 5.97 Å². The molecule has 0 saturated heterocycles. The summed E-state index contributed by atoms with van der Waals surface area (Å²) in [6.45, 7) is 1.94. The largest absolute Gasteiger partial charge is 0.463 e. The second kappa shape index (κ2) is 7.31. The highest BCUT2D eigenvalue weighted by Gasteiger charge is 2.12. The number of aryl methyl sites for hydroxylation is 1. The molecule has 0 spiro atoms. The van der Waals surface area contributed by atoms with Crippen LogP contribution in [-0.2, 0) is 10.5 Å². The summed E-state index contributed by atoms with van der Waals surface area (Å²) in [5, 5.41) is 0.671. The molecular weight excluding hydrogens is 324 g/mol. The number of hydrogen-bond acceptors (Lipinski definition) is 6. The summed E-state index contributed by atoms with van der Waals surface area (Å²) in [6, 6.07) is 15.3. The van der Waals surface area contributed by atoms with Crippen LogP contribution in [0.4, 0.5) is 0 Å². The Hall–Kier alpha value is -2.60. The van der Waals surface area contributed by atoms with E-state index in [9.17, 15) is 4.79 Å². The van der Waals surface area contributed by atoms with Crippen molar-refractivity contribution in [2.45, 2.75) is 17.8 Å². The molecule has 0 aliphatic rings. The number of hydrogen-bond donors (Lipinski definition) is 0. The Morgan fingerprint density at radius 3 is 2.71 bits per heavy atom. The smallest absolute Gasteiger partial charge is 0.373 e. The zero-order valence-electron chi connectivity index (χ0n) is 13.4. The minimum absolute atomic E-state index is 0.197. The van der Waals surface area contributed by atoms with Gasteiger partial charge in [-0.15, -0.1) is 0 Å². The maximum Gasteiger partial charge on any atom is 0.373 e. The Kier molecular flexibility index (Phi) is 4.96. The highest BCUT2D eigenvalue weighted by atomic mass is 32.2. The zero-order valence-corrected chi connectivity index (χ0v) is 14.2. The van der Waals surface area contributed by atoms with Crippen molar-refractivity contribution in [2.24, 2.45) is 0 Å². The summed E-state index contributed by atoms with van der Waals surface area (Å²) >= 11 is 1.46. The van der Waals surface area contributed by atoms with Gasteiger partial charge in [-0.05, 0) is 25.1 Å². The molecule has 0 N–H and O–H groups in total.